The average Bonchev–Trinajstić information content (AvgIpc) is 2.55. The van der Waals surface area contributed by atoms with E-state index < -0.39 is 20.0 Å². The molecule has 0 saturated carbocycles. The Bertz CT molecular complexity index is 1070. The summed E-state index contributed by atoms with van der Waals surface area (Å²) in [5.74, 6) is 0. The predicted octanol–water partition coefficient (Wildman–Crippen LogP) is 3.51. The van der Waals surface area contributed by atoms with Gasteiger partial charge in [-0.3, -0.25) is 9.03 Å². The van der Waals surface area contributed by atoms with E-state index in [2.05, 4.69) is 4.72 Å². The lowest BCUT2D eigenvalue weighted by Gasteiger charge is -2.29. The molecule has 0 spiro atoms. The van der Waals surface area contributed by atoms with Crippen molar-refractivity contribution in [1.82, 2.24) is 0 Å². The predicted molar refractivity (Wildman–Crippen MR) is 104 cm³/mol. The van der Waals surface area contributed by atoms with E-state index in [9.17, 15) is 16.8 Å². The lowest BCUT2D eigenvalue weighted by Crippen LogP contribution is -2.34. The van der Waals surface area contributed by atoms with E-state index in [0.29, 0.717) is 30.8 Å². The summed E-state index contributed by atoms with van der Waals surface area (Å²) < 4.78 is 52.8. The number of nitrogens with zero attached hydrogens (tertiary/aromatic N) is 1. The number of benzene rings is 2. The van der Waals surface area contributed by atoms with Gasteiger partial charge in [0, 0.05) is 17.3 Å². The van der Waals surface area contributed by atoms with Crippen LogP contribution >= 0.6 is 23.2 Å². The molecule has 0 bridgehead atoms. The van der Waals surface area contributed by atoms with Gasteiger partial charge in [-0.1, -0.05) is 23.2 Å². The summed E-state index contributed by atoms with van der Waals surface area (Å²) in [7, 11) is -7.31. The normalized spacial score (nSPS) is 14.8. The monoisotopic (exact) mass is 434 g/mol. The van der Waals surface area contributed by atoms with Crippen molar-refractivity contribution in [3.05, 3.63) is 52.0 Å². The summed E-state index contributed by atoms with van der Waals surface area (Å²) in [6.45, 7) is 0.412. The van der Waals surface area contributed by atoms with Gasteiger partial charge in [-0.25, -0.2) is 16.8 Å². The lowest BCUT2D eigenvalue weighted by atomic mass is 10.0. The maximum atomic E-state index is 12.6. The third kappa shape index (κ3) is 3.93. The molecule has 1 aliphatic rings. The molecule has 0 aliphatic carbocycles. The topological polar surface area (TPSA) is 83.6 Å². The highest BCUT2D eigenvalue weighted by Crippen LogP contribution is 2.33. The van der Waals surface area contributed by atoms with Crippen LogP contribution in [0.1, 0.15) is 12.0 Å². The molecule has 26 heavy (non-hydrogen) atoms. The Labute approximate surface area is 162 Å². The molecule has 0 atom stereocenters. The van der Waals surface area contributed by atoms with Crippen LogP contribution in [0.4, 0.5) is 11.4 Å². The van der Waals surface area contributed by atoms with Crippen molar-refractivity contribution in [1.29, 1.82) is 0 Å². The molecular formula is C16H16Cl2N2O4S2. The highest BCUT2D eigenvalue weighted by atomic mass is 35.5. The minimum atomic E-state index is -3.93. The van der Waals surface area contributed by atoms with Gasteiger partial charge < -0.3 is 0 Å². The van der Waals surface area contributed by atoms with Gasteiger partial charge in [-0.15, -0.1) is 0 Å². The summed E-state index contributed by atoms with van der Waals surface area (Å²) in [6.07, 6.45) is 2.48. The van der Waals surface area contributed by atoms with Crippen molar-refractivity contribution in [2.24, 2.45) is 0 Å². The Morgan fingerprint density at radius 3 is 2.46 bits per heavy atom. The Balaban J connectivity index is 1.96. The van der Waals surface area contributed by atoms with E-state index in [1.807, 2.05) is 0 Å². The summed E-state index contributed by atoms with van der Waals surface area (Å²) in [4.78, 5) is -0.123. The molecule has 6 nitrogen and oxygen atoms in total. The van der Waals surface area contributed by atoms with Crippen LogP contribution in [0.15, 0.2) is 41.3 Å². The second kappa shape index (κ2) is 6.92. The molecule has 2 aromatic rings. The molecule has 0 saturated heterocycles. The molecule has 1 heterocycles. The van der Waals surface area contributed by atoms with Crippen LogP contribution < -0.4 is 9.03 Å². The molecule has 0 amide bonds. The second-order valence-electron chi connectivity index (χ2n) is 5.96. The number of anilines is 2. The number of halogens is 2. The Hall–Kier alpha value is -1.48. The maximum absolute atomic E-state index is 12.6. The van der Waals surface area contributed by atoms with Crippen LogP contribution in [0, 0.1) is 0 Å². The highest BCUT2D eigenvalue weighted by Gasteiger charge is 2.25. The molecule has 3 rings (SSSR count). The molecule has 1 N–H and O–H groups in total. The first-order chi connectivity index (χ1) is 12.1. The Kier molecular flexibility index (Phi) is 5.13. The number of rotatable bonds is 4. The molecule has 140 valence electrons. The standard InChI is InChI=1S/C16H16Cl2N2O4S2/c1-25(21,22)20-8-2-3-11-9-13(5-7-15(11)20)19-26(23,24)16-10-12(17)4-6-14(16)18/h4-7,9-10,19H,2-3,8H2,1H3. The number of fused-ring (bicyclic) bond motifs is 1. The largest absolute Gasteiger partial charge is 0.280 e. The fourth-order valence-corrected chi connectivity index (χ4v) is 5.67. The van der Waals surface area contributed by atoms with Crippen LogP contribution in [0.2, 0.25) is 10.0 Å². The highest BCUT2D eigenvalue weighted by molar-refractivity contribution is 7.93. The molecule has 2 aromatic carbocycles. The molecule has 0 radical (unpaired) electrons. The molecule has 10 heteroatoms. The van der Waals surface area contributed by atoms with Gasteiger partial charge in [-0.2, -0.15) is 0 Å². The second-order valence-corrected chi connectivity index (χ2v) is 10.4. The molecule has 0 unspecified atom stereocenters. The molecule has 0 fully saturated rings. The van der Waals surface area contributed by atoms with Crippen molar-refractivity contribution in [3.8, 4) is 0 Å². The molecular weight excluding hydrogens is 419 g/mol. The zero-order valence-electron chi connectivity index (χ0n) is 13.7. The Morgan fingerprint density at radius 2 is 1.77 bits per heavy atom. The zero-order valence-corrected chi connectivity index (χ0v) is 16.9. The van der Waals surface area contributed by atoms with E-state index >= 15 is 0 Å². The van der Waals surface area contributed by atoms with Gasteiger partial charge in [-0.05, 0) is 54.8 Å². The number of aryl methyl sites for hydroxylation is 1. The first-order valence-corrected chi connectivity index (χ1v) is 11.8. The third-order valence-electron chi connectivity index (χ3n) is 3.99. The van der Waals surface area contributed by atoms with E-state index in [1.165, 1.54) is 28.6 Å². The minimum Gasteiger partial charge on any atom is -0.280 e. The fourth-order valence-electron chi connectivity index (χ4n) is 2.86. The van der Waals surface area contributed by atoms with Gasteiger partial charge in [0.25, 0.3) is 10.0 Å². The lowest BCUT2D eigenvalue weighted by molar-refractivity contribution is 0.592. The van der Waals surface area contributed by atoms with E-state index in [-0.39, 0.29) is 14.9 Å². The van der Waals surface area contributed by atoms with Crippen molar-refractivity contribution in [2.45, 2.75) is 17.7 Å². The Morgan fingerprint density at radius 1 is 1.04 bits per heavy atom. The zero-order chi connectivity index (χ0) is 19.1. The van der Waals surface area contributed by atoms with Crippen LogP contribution in [-0.2, 0) is 26.5 Å². The number of sulfonamides is 2. The molecule has 1 aliphatic heterocycles. The van der Waals surface area contributed by atoms with Crippen molar-refractivity contribution in [3.63, 3.8) is 0 Å². The smallest absolute Gasteiger partial charge is 0.263 e. The third-order valence-corrected chi connectivity index (χ3v) is 7.27. The van der Waals surface area contributed by atoms with Crippen LogP contribution in [0.5, 0.6) is 0 Å². The van der Waals surface area contributed by atoms with Gasteiger partial charge >= 0.3 is 0 Å². The van der Waals surface area contributed by atoms with Crippen molar-refractivity contribution in [2.75, 3.05) is 21.8 Å². The summed E-state index contributed by atoms with van der Waals surface area (Å²) in [6, 6.07) is 8.96. The average molecular weight is 435 g/mol. The molecule has 0 aromatic heterocycles. The summed E-state index contributed by atoms with van der Waals surface area (Å²) in [5.41, 5.74) is 1.66. The van der Waals surface area contributed by atoms with E-state index in [1.54, 1.807) is 12.1 Å². The SMILES string of the molecule is CS(=O)(=O)N1CCCc2cc(NS(=O)(=O)c3cc(Cl)ccc3Cl)ccc21. The van der Waals surface area contributed by atoms with Crippen LogP contribution in [-0.4, -0.2) is 29.6 Å². The van der Waals surface area contributed by atoms with Crippen LogP contribution in [0.25, 0.3) is 0 Å². The fraction of sp³-hybridized carbons (Fsp3) is 0.250. The van der Waals surface area contributed by atoms with Gasteiger partial charge in [0.05, 0.1) is 17.0 Å². The maximum Gasteiger partial charge on any atom is 0.263 e. The minimum absolute atomic E-state index is 0.0584. The van der Waals surface area contributed by atoms with Gasteiger partial charge in [0.1, 0.15) is 4.90 Å². The number of nitrogens with one attached hydrogen (secondary N) is 1. The quantitative estimate of drug-likeness (QED) is 0.797. The van der Waals surface area contributed by atoms with Gasteiger partial charge in [0.2, 0.25) is 10.0 Å². The summed E-state index contributed by atoms with van der Waals surface area (Å²) in [5, 5.41) is 0.312. The van der Waals surface area contributed by atoms with Crippen molar-refractivity contribution >= 4 is 54.6 Å². The van der Waals surface area contributed by atoms with E-state index in [4.69, 9.17) is 23.2 Å². The van der Waals surface area contributed by atoms with Gasteiger partial charge in [0.15, 0.2) is 0 Å². The van der Waals surface area contributed by atoms with Crippen molar-refractivity contribution < 1.29 is 16.8 Å². The van der Waals surface area contributed by atoms with E-state index in [0.717, 1.165) is 11.8 Å². The summed E-state index contributed by atoms with van der Waals surface area (Å²) >= 11 is 11.8. The number of hydrogen-bond acceptors (Lipinski definition) is 4. The number of hydrogen-bond donors (Lipinski definition) is 1. The first-order valence-electron chi connectivity index (χ1n) is 7.66. The van der Waals surface area contributed by atoms with Crippen LogP contribution in [0.3, 0.4) is 0 Å². The first kappa shape index (κ1) is 19.3.